The van der Waals surface area contributed by atoms with E-state index in [2.05, 4.69) is 4.98 Å². The van der Waals surface area contributed by atoms with E-state index in [4.69, 9.17) is 10.2 Å². The lowest BCUT2D eigenvalue weighted by molar-refractivity contribution is -0.133. The highest BCUT2D eigenvalue weighted by Crippen LogP contribution is 2.28. The van der Waals surface area contributed by atoms with Gasteiger partial charge in [-0.25, -0.2) is 24.2 Å². The van der Waals surface area contributed by atoms with E-state index in [1.54, 1.807) is 18.2 Å². The Bertz CT molecular complexity index is 922. The number of benzene rings is 1. The number of pyridine rings is 1. The lowest BCUT2D eigenvalue weighted by Gasteiger charge is -2.12. The average molecular weight is 357 g/mol. The Hall–Kier alpha value is -4.01. The molecule has 0 fully saturated rings. The fourth-order valence-corrected chi connectivity index (χ4v) is 2.26. The van der Waals surface area contributed by atoms with Gasteiger partial charge in [0.2, 0.25) is 0 Å². The number of rotatable bonds is 6. The van der Waals surface area contributed by atoms with Gasteiger partial charge in [0, 0.05) is 23.1 Å². The largest absolute Gasteiger partial charge is 0.478 e. The summed E-state index contributed by atoms with van der Waals surface area (Å²) in [7, 11) is 0. The van der Waals surface area contributed by atoms with Crippen LogP contribution in [0, 0.1) is 0 Å². The number of carboxylic acid groups (broad SMARTS) is 4. The van der Waals surface area contributed by atoms with E-state index < -0.39 is 40.7 Å². The molecule has 1 aromatic carbocycles. The van der Waals surface area contributed by atoms with Crippen molar-refractivity contribution in [1.29, 1.82) is 0 Å². The number of carboxylic acids is 4. The van der Waals surface area contributed by atoms with Crippen molar-refractivity contribution in [2.75, 3.05) is 0 Å². The smallest absolute Gasteiger partial charge is 0.338 e. The van der Waals surface area contributed by atoms with Crippen LogP contribution in [0.15, 0.2) is 42.5 Å². The van der Waals surface area contributed by atoms with E-state index in [1.807, 2.05) is 0 Å². The highest BCUT2D eigenvalue weighted by molar-refractivity contribution is 6.25. The monoisotopic (exact) mass is 357 g/mol. The molecular formula is C17H11NO8. The second-order valence-electron chi connectivity index (χ2n) is 4.98. The molecule has 0 bridgehead atoms. The molecular weight excluding hydrogens is 346 g/mol. The van der Waals surface area contributed by atoms with Crippen LogP contribution in [0.5, 0.6) is 0 Å². The quantitative estimate of drug-likeness (QED) is 0.559. The summed E-state index contributed by atoms with van der Waals surface area (Å²) in [6, 6.07) is 7.56. The Morgan fingerprint density at radius 2 is 1.35 bits per heavy atom. The van der Waals surface area contributed by atoms with Gasteiger partial charge in [-0.15, -0.1) is 0 Å². The topological polar surface area (TPSA) is 162 Å². The van der Waals surface area contributed by atoms with E-state index in [1.165, 1.54) is 12.1 Å². The molecule has 0 unspecified atom stereocenters. The number of carbonyl (C=O) groups is 4. The number of para-hydroxylation sites is 1. The predicted molar refractivity (Wildman–Crippen MR) is 88.2 cm³/mol. The Balaban J connectivity index is 2.95. The van der Waals surface area contributed by atoms with Gasteiger partial charge in [-0.2, -0.15) is 0 Å². The zero-order valence-corrected chi connectivity index (χ0v) is 12.9. The molecule has 2 aromatic rings. The second-order valence-corrected chi connectivity index (χ2v) is 4.98. The van der Waals surface area contributed by atoms with Gasteiger partial charge >= 0.3 is 23.9 Å². The molecule has 0 amide bonds. The van der Waals surface area contributed by atoms with Crippen LogP contribution in [-0.2, 0) is 19.2 Å². The molecule has 132 valence electrons. The molecule has 0 saturated carbocycles. The van der Waals surface area contributed by atoms with Gasteiger partial charge < -0.3 is 20.4 Å². The van der Waals surface area contributed by atoms with E-state index >= 15 is 0 Å². The first kappa shape index (κ1) is 18.3. The maximum Gasteiger partial charge on any atom is 0.338 e. The number of aromatic nitrogens is 1. The van der Waals surface area contributed by atoms with Crippen molar-refractivity contribution in [2.45, 2.75) is 0 Å². The lowest BCUT2D eigenvalue weighted by atomic mass is 9.96. The van der Waals surface area contributed by atoms with Gasteiger partial charge in [-0.3, -0.25) is 0 Å². The fourth-order valence-electron chi connectivity index (χ4n) is 2.26. The van der Waals surface area contributed by atoms with Gasteiger partial charge in [0.05, 0.1) is 22.4 Å². The van der Waals surface area contributed by atoms with Crippen molar-refractivity contribution in [3.8, 4) is 0 Å². The first-order chi connectivity index (χ1) is 12.2. The SMILES string of the molecule is O=C(O)/C=C(/C(=O)O)c1cc2ccccc2nc1/C(=C\C(=O)O)C(=O)O. The molecule has 0 atom stereocenters. The Morgan fingerprint density at radius 1 is 0.808 bits per heavy atom. The summed E-state index contributed by atoms with van der Waals surface area (Å²) >= 11 is 0. The fraction of sp³-hybridized carbons (Fsp3) is 0. The van der Waals surface area contributed by atoms with Gasteiger partial charge in [0.25, 0.3) is 0 Å². The van der Waals surface area contributed by atoms with Gasteiger partial charge in [-0.05, 0) is 12.1 Å². The molecule has 0 radical (unpaired) electrons. The minimum absolute atomic E-state index is 0.281. The molecule has 9 heteroatoms. The molecule has 0 aliphatic rings. The van der Waals surface area contributed by atoms with Crippen molar-refractivity contribution in [2.24, 2.45) is 0 Å². The maximum atomic E-state index is 11.5. The summed E-state index contributed by atoms with van der Waals surface area (Å²) in [6.45, 7) is 0. The molecule has 0 aliphatic carbocycles. The zero-order valence-electron chi connectivity index (χ0n) is 12.9. The highest BCUT2D eigenvalue weighted by Gasteiger charge is 2.24. The molecule has 0 saturated heterocycles. The molecule has 0 aliphatic heterocycles. The molecule has 26 heavy (non-hydrogen) atoms. The maximum absolute atomic E-state index is 11.5. The van der Waals surface area contributed by atoms with Gasteiger partial charge in [-0.1, -0.05) is 18.2 Å². The summed E-state index contributed by atoms with van der Waals surface area (Å²) in [5, 5.41) is 36.9. The average Bonchev–Trinajstić information content (AvgIpc) is 2.55. The second kappa shape index (κ2) is 7.26. The standard InChI is InChI=1S/C17H11NO8/c19-13(20)6-10(16(23)24)9-5-8-3-1-2-4-12(8)18-15(9)11(17(25)26)7-14(21)22/h1-7H,(H,19,20)(H,21,22)(H,23,24)(H,25,26)/b10-6+,11-7+. The molecule has 1 heterocycles. The van der Waals surface area contributed by atoms with Crippen LogP contribution >= 0.6 is 0 Å². The van der Waals surface area contributed by atoms with Crippen LogP contribution in [0.4, 0.5) is 0 Å². The van der Waals surface area contributed by atoms with E-state index in [0.717, 1.165) is 0 Å². The summed E-state index contributed by atoms with van der Waals surface area (Å²) in [6.07, 6.45) is 0.751. The van der Waals surface area contributed by atoms with Crippen LogP contribution in [0.3, 0.4) is 0 Å². The van der Waals surface area contributed by atoms with Crippen LogP contribution in [-0.4, -0.2) is 49.3 Å². The van der Waals surface area contributed by atoms with E-state index in [9.17, 15) is 29.4 Å². The Kier molecular flexibility index (Phi) is 5.12. The van der Waals surface area contributed by atoms with E-state index in [-0.39, 0.29) is 11.1 Å². The third kappa shape index (κ3) is 3.90. The number of nitrogens with zero attached hydrogens (tertiary/aromatic N) is 1. The first-order valence-electron chi connectivity index (χ1n) is 6.97. The molecule has 9 nitrogen and oxygen atoms in total. The van der Waals surface area contributed by atoms with Crippen molar-refractivity contribution in [1.82, 2.24) is 4.98 Å². The van der Waals surface area contributed by atoms with Crippen LogP contribution in [0.25, 0.3) is 22.0 Å². The Morgan fingerprint density at radius 3 is 1.88 bits per heavy atom. The first-order valence-corrected chi connectivity index (χ1v) is 6.97. The van der Waals surface area contributed by atoms with Crippen molar-refractivity contribution < 1.29 is 39.6 Å². The summed E-state index contributed by atoms with van der Waals surface area (Å²) in [5.74, 6) is -6.44. The summed E-state index contributed by atoms with van der Waals surface area (Å²) in [4.78, 5) is 48.9. The number of hydrogen-bond donors (Lipinski definition) is 4. The predicted octanol–water partition coefficient (Wildman–Crippen LogP) is 1.34. The van der Waals surface area contributed by atoms with Crippen molar-refractivity contribution in [3.63, 3.8) is 0 Å². The van der Waals surface area contributed by atoms with Crippen molar-refractivity contribution in [3.05, 3.63) is 53.7 Å². The molecule has 4 N–H and O–H groups in total. The van der Waals surface area contributed by atoms with Crippen molar-refractivity contribution >= 4 is 45.9 Å². The lowest BCUT2D eigenvalue weighted by Crippen LogP contribution is -2.11. The molecule has 2 rings (SSSR count). The normalized spacial score (nSPS) is 12.0. The summed E-state index contributed by atoms with van der Waals surface area (Å²) < 4.78 is 0. The van der Waals surface area contributed by atoms with E-state index in [0.29, 0.717) is 17.5 Å². The minimum atomic E-state index is -1.66. The molecule has 1 aromatic heterocycles. The minimum Gasteiger partial charge on any atom is -0.478 e. The van der Waals surface area contributed by atoms with Crippen LogP contribution < -0.4 is 0 Å². The third-order valence-corrected chi connectivity index (χ3v) is 3.27. The zero-order chi connectivity index (χ0) is 19.4. The number of aliphatic carboxylic acids is 4. The van der Waals surface area contributed by atoms with Gasteiger partial charge in [0.15, 0.2) is 0 Å². The van der Waals surface area contributed by atoms with Crippen LogP contribution in [0.2, 0.25) is 0 Å². The summed E-state index contributed by atoms with van der Waals surface area (Å²) in [5.41, 5.74) is -2.02. The van der Waals surface area contributed by atoms with Gasteiger partial charge in [0.1, 0.15) is 0 Å². The van der Waals surface area contributed by atoms with Crippen LogP contribution in [0.1, 0.15) is 11.3 Å². The Labute approximate surface area is 145 Å². The third-order valence-electron chi connectivity index (χ3n) is 3.27. The number of fused-ring (bicyclic) bond motifs is 1. The molecule has 0 spiro atoms. The highest BCUT2D eigenvalue weighted by atomic mass is 16.4. The number of hydrogen-bond acceptors (Lipinski definition) is 5.